The van der Waals surface area contributed by atoms with Crippen molar-refractivity contribution in [1.29, 1.82) is 5.26 Å². The van der Waals surface area contributed by atoms with E-state index in [4.69, 9.17) is 39.5 Å². The molecule has 1 atom stereocenters. The van der Waals surface area contributed by atoms with E-state index in [2.05, 4.69) is 44.8 Å². The van der Waals surface area contributed by atoms with Crippen molar-refractivity contribution in [2.24, 2.45) is 11.6 Å². The SMILES string of the molecule is CC(C)N(N)/C=C(\N)[C@@H](Nc1cc(Cl)c2ncc(C#N)c(Nc3ccc(F)c(Cl)c3)c2c1)c1cccc2c1CCN(C1COC1)C2. The summed E-state index contributed by atoms with van der Waals surface area (Å²) in [6.07, 6.45) is 4.08. The minimum Gasteiger partial charge on any atom is -0.399 e. The van der Waals surface area contributed by atoms with Crippen LogP contribution in [0.5, 0.6) is 0 Å². The second kappa shape index (κ2) is 13.3. The highest BCUT2D eigenvalue weighted by Crippen LogP contribution is 2.38. The van der Waals surface area contributed by atoms with Crippen LogP contribution < -0.4 is 22.2 Å². The Morgan fingerprint density at radius 3 is 2.65 bits per heavy atom. The average molecular weight is 662 g/mol. The lowest BCUT2D eigenvalue weighted by Crippen LogP contribution is -2.50. The second-order valence-corrected chi connectivity index (χ2v) is 12.7. The minimum atomic E-state index is -0.542. The Hall–Kier alpha value is -4.11. The quantitative estimate of drug-likeness (QED) is 0.116. The summed E-state index contributed by atoms with van der Waals surface area (Å²) in [7, 11) is 0. The number of fused-ring (bicyclic) bond motifs is 2. The maximum absolute atomic E-state index is 13.9. The molecule has 2 aliphatic rings. The van der Waals surface area contributed by atoms with Crippen LogP contribution in [0.15, 0.2) is 66.6 Å². The van der Waals surface area contributed by atoms with Gasteiger partial charge in [-0.05, 0) is 67.3 Å². The van der Waals surface area contributed by atoms with Crippen LogP contribution in [0.1, 0.15) is 42.1 Å². The first-order valence-electron chi connectivity index (χ1n) is 15.1. The van der Waals surface area contributed by atoms with Gasteiger partial charge >= 0.3 is 0 Å². The highest BCUT2D eigenvalue weighted by molar-refractivity contribution is 6.36. The van der Waals surface area contributed by atoms with Crippen LogP contribution in [-0.4, -0.2) is 46.7 Å². The van der Waals surface area contributed by atoms with E-state index in [1.165, 1.54) is 29.5 Å². The number of pyridine rings is 1. The first-order valence-corrected chi connectivity index (χ1v) is 15.8. The van der Waals surface area contributed by atoms with Crippen LogP contribution in [0, 0.1) is 17.1 Å². The van der Waals surface area contributed by atoms with Gasteiger partial charge in [-0.15, -0.1) is 0 Å². The lowest BCUT2D eigenvalue weighted by atomic mass is 9.89. The molecule has 9 nitrogen and oxygen atoms in total. The molecular weight excluding hydrogens is 626 g/mol. The molecule has 6 N–H and O–H groups in total. The van der Waals surface area contributed by atoms with Crippen molar-refractivity contribution in [1.82, 2.24) is 14.9 Å². The van der Waals surface area contributed by atoms with Crippen LogP contribution in [0.2, 0.25) is 10.0 Å². The van der Waals surface area contributed by atoms with Crippen LogP contribution in [-0.2, 0) is 17.7 Å². The van der Waals surface area contributed by atoms with Crippen molar-refractivity contribution in [3.8, 4) is 6.07 Å². The van der Waals surface area contributed by atoms with Crippen molar-refractivity contribution in [3.05, 3.63) is 105 Å². The maximum atomic E-state index is 13.9. The molecule has 3 heterocycles. The molecule has 46 heavy (non-hydrogen) atoms. The Kier molecular flexibility index (Phi) is 9.22. The van der Waals surface area contributed by atoms with Crippen LogP contribution in [0.4, 0.5) is 21.5 Å². The number of anilines is 3. The van der Waals surface area contributed by atoms with Gasteiger partial charge in [-0.3, -0.25) is 9.88 Å². The van der Waals surface area contributed by atoms with Crippen LogP contribution >= 0.6 is 23.2 Å². The van der Waals surface area contributed by atoms with Crippen molar-refractivity contribution >= 4 is 51.2 Å². The number of rotatable bonds is 9. The number of nitrogens with two attached hydrogens (primary N) is 2. The number of benzene rings is 3. The smallest absolute Gasteiger partial charge is 0.141 e. The predicted octanol–water partition coefficient (Wildman–Crippen LogP) is 6.59. The molecule has 0 radical (unpaired) electrons. The molecule has 1 aromatic heterocycles. The Bertz CT molecular complexity index is 1860. The highest BCUT2D eigenvalue weighted by Gasteiger charge is 2.31. The summed E-state index contributed by atoms with van der Waals surface area (Å²) in [6.45, 7) is 7.28. The minimum absolute atomic E-state index is 0.0290. The van der Waals surface area contributed by atoms with Crippen LogP contribution in [0.3, 0.4) is 0 Å². The van der Waals surface area contributed by atoms with E-state index in [0.717, 1.165) is 38.3 Å². The molecule has 0 unspecified atom stereocenters. The fourth-order valence-corrected chi connectivity index (χ4v) is 6.31. The maximum Gasteiger partial charge on any atom is 0.141 e. The number of nitrogens with one attached hydrogen (secondary N) is 2. The van der Waals surface area contributed by atoms with Gasteiger partial charge in [0.25, 0.3) is 0 Å². The third-order valence-electron chi connectivity index (χ3n) is 8.55. The molecule has 12 heteroatoms. The zero-order valence-electron chi connectivity index (χ0n) is 25.5. The molecule has 2 aliphatic heterocycles. The van der Waals surface area contributed by atoms with Gasteiger partial charge < -0.3 is 26.1 Å². The number of halogens is 3. The molecule has 0 aliphatic carbocycles. The highest BCUT2D eigenvalue weighted by atomic mass is 35.5. The molecule has 6 rings (SSSR count). The van der Waals surface area contributed by atoms with E-state index >= 15 is 0 Å². The van der Waals surface area contributed by atoms with E-state index in [1.807, 2.05) is 19.9 Å². The lowest BCUT2D eigenvalue weighted by molar-refractivity contribution is -0.0695. The van der Waals surface area contributed by atoms with E-state index in [9.17, 15) is 9.65 Å². The molecule has 4 aromatic rings. The molecule has 0 spiro atoms. The van der Waals surface area contributed by atoms with Gasteiger partial charge in [0.15, 0.2) is 0 Å². The summed E-state index contributed by atoms with van der Waals surface area (Å²) in [5.74, 6) is 5.77. The third-order valence-corrected chi connectivity index (χ3v) is 9.13. The number of nitriles is 1. The first-order chi connectivity index (χ1) is 22.1. The standard InChI is InChI=1S/C34H35Cl2FN8O/c1-19(2)45(40)16-31(39)34(26-5-3-4-20-15-44(9-8-25(20)26)24-17-46-18-24)43-23-10-27-32(42-22-6-7-30(37)28(35)11-22)21(13-38)14-41-33(27)29(36)12-23/h3-7,10-12,14,16,19,24,34,43H,8-9,15,17-18,39-40H2,1-2H3,(H,41,42)/b31-16-/t34-/m0/s1. The Labute approximate surface area is 277 Å². The first kappa shape index (κ1) is 31.9. The van der Waals surface area contributed by atoms with Gasteiger partial charge in [0.05, 0.1) is 57.8 Å². The van der Waals surface area contributed by atoms with Gasteiger partial charge in [0.2, 0.25) is 0 Å². The Morgan fingerprint density at radius 1 is 1.17 bits per heavy atom. The van der Waals surface area contributed by atoms with Crippen molar-refractivity contribution in [2.45, 2.75) is 44.9 Å². The topological polar surface area (TPSA) is 128 Å². The molecule has 0 amide bonds. The van der Waals surface area contributed by atoms with Gasteiger partial charge in [0.1, 0.15) is 11.9 Å². The van der Waals surface area contributed by atoms with Gasteiger partial charge in [-0.2, -0.15) is 5.26 Å². The Balaban J connectivity index is 1.43. The lowest BCUT2D eigenvalue weighted by Gasteiger charge is -2.41. The number of ether oxygens (including phenoxy) is 1. The monoisotopic (exact) mass is 660 g/mol. The normalized spacial score (nSPS) is 16.1. The number of hydrazine groups is 1. The molecule has 0 saturated carbocycles. The predicted molar refractivity (Wildman–Crippen MR) is 181 cm³/mol. The summed E-state index contributed by atoms with van der Waals surface area (Å²) in [4.78, 5) is 6.94. The summed E-state index contributed by atoms with van der Waals surface area (Å²) in [5.41, 5.74) is 13.3. The fraction of sp³-hybridized carbons (Fsp3) is 0.294. The zero-order chi connectivity index (χ0) is 32.5. The second-order valence-electron chi connectivity index (χ2n) is 11.9. The summed E-state index contributed by atoms with van der Waals surface area (Å²) < 4.78 is 19.3. The average Bonchev–Trinajstić information content (AvgIpc) is 3.00. The number of nitrogens with zero attached hydrogens (tertiary/aromatic N) is 4. The van der Waals surface area contributed by atoms with Crippen molar-refractivity contribution < 1.29 is 9.13 Å². The van der Waals surface area contributed by atoms with Gasteiger partial charge in [0, 0.05) is 48.3 Å². The number of hydrogen-bond acceptors (Lipinski definition) is 9. The molecular formula is C34H35Cl2FN8O. The molecule has 1 saturated heterocycles. The van der Waals surface area contributed by atoms with Crippen molar-refractivity contribution in [3.63, 3.8) is 0 Å². The van der Waals surface area contributed by atoms with Gasteiger partial charge in [-0.1, -0.05) is 41.4 Å². The zero-order valence-corrected chi connectivity index (χ0v) is 27.0. The number of aromatic nitrogens is 1. The third kappa shape index (κ3) is 6.43. The fourth-order valence-electron chi connectivity index (χ4n) is 5.86. The summed E-state index contributed by atoms with van der Waals surface area (Å²) >= 11 is 12.9. The van der Waals surface area contributed by atoms with E-state index < -0.39 is 11.9 Å². The number of hydrogen-bond donors (Lipinski definition) is 4. The molecule has 1 fully saturated rings. The van der Waals surface area contributed by atoms with E-state index in [1.54, 1.807) is 23.3 Å². The summed E-state index contributed by atoms with van der Waals surface area (Å²) in [6, 6.07) is 16.5. The van der Waals surface area contributed by atoms with E-state index in [-0.39, 0.29) is 16.6 Å². The molecule has 238 valence electrons. The Morgan fingerprint density at radius 2 is 1.96 bits per heavy atom. The van der Waals surface area contributed by atoms with Crippen LogP contribution in [0.25, 0.3) is 10.9 Å². The van der Waals surface area contributed by atoms with Crippen molar-refractivity contribution in [2.75, 3.05) is 30.4 Å². The van der Waals surface area contributed by atoms with E-state index in [0.29, 0.717) is 44.7 Å². The summed E-state index contributed by atoms with van der Waals surface area (Å²) in [5, 5.41) is 19.3. The molecule has 3 aromatic carbocycles. The molecule has 0 bridgehead atoms. The largest absolute Gasteiger partial charge is 0.399 e. The van der Waals surface area contributed by atoms with Gasteiger partial charge in [-0.25, -0.2) is 10.2 Å².